The number of fused-ring (bicyclic) bond motifs is 1. The maximum atomic E-state index is 5.13. The second-order valence-corrected chi connectivity index (χ2v) is 4.54. The molecule has 0 aliphatic heterocycles. The summed E-state index contributed by atoms with van der Waals surface area (Å²) in [5.74, 6) is 1.62. The molecule has 3 aromatic heterocycles. The first-order valence-corrected chi connectivity index (χ1v) is 6.05. The summed E-state index contributed by atoms with van der Waals surface area (Å²) in [4.78, 5) is 9.40. The minimum absolute atomic E-state index is 0.572. The van der Waals surface area contributed by atoms with E-state index in [0.717, 1.165) is 27.5 Å². The van der Waals surface area contributed by atoms with E-state index in [1.807, 2.05) is 24.4 Å². The fourth-order valence-corrected chi connectivity index (χ4v) is 2.33. The van der Waals surface area contributed by atoms with Crippen LogP contribution in [0.25, 0.3) is 10.2 Å². The Labute approximate surface area is 101 Å². The van der Waals surface area contributed by atoms with Crippen LogP contribution in [0.2, 0.25) is 0 Å². The number of aromatic nitrogens is 3. The molecule has 1 N–H and O–H groups in total. The van der Waals surface area contributed by atoms with Gasteiger partial charge in [0.1, 0.15) is 17.0 Å². The highest BCUT2D eigenvalue weighted by Crippen LogP contribution is 2.23. The van der Waals surface area contributed by atoms with Gasteiger partial charge in [-0.25, -0.2) is 9.97 Å². The zero-order chi connectivity index (χ0) is 11.7. The fraction of sp³-hybridized carbons (Fsp3) is 0.182. The van der Waals surface area contributed by atoms with Crippen molar-refractivity contribution in [1.29, 1.82) is 0 Å². The fourth-order valence-electron chi connectivity index (χ4n) is 1.60. The van der Waals surface area contributed by atoms with Crippen LogP contribution in [0.5, 0.6) is 0 Å². The van der Waals surface area contributed by atoms with E-state index in [9.17, 15) is 0 Å². The highest BCUT2D eigenvalue weighted by molar-refractivity contribution is 7.16. The Balaban J connectivity index is 1.83. The van der Waals surface area contributed by atoms with Crippen molar-refractivity contribution in [3.05, 3.63) is 35.3 Å². The summed E-state index contributed by atoms with van der Waals surface area (Å²) >= 11 is 1.60. The number of nitrogens with one attached hydrogen (secondary N) is 1. The van der Waals surface area contributed by atoms with Gasteiger partial charge in [0.25, 0.3) is 0 Å². The third-order valence-corrected chi connectivity index (χ3v) is 3.19. The average Bonchev–Trinajstić information content (AvgIpc) is 2.94. The topological polar surface area (TPSA) is 63.8 Å². The summed E-state index contributed by atoms with van der Waals surface area (Å²) < 4.78 is 5.13. The summed E-state index contributed by atoms with van der Waals surface area (Å²) in [5, 5.41) is 10.1. The molecule has 3 heterocycles. The minimum atomic E-state index is 0.572. The van der Waals surface area contributed by atoms with Crippen LogP contribution in [0, 0.1) is 6.92 Å². The minimum Gasteiger partial charge on any atom is -0.362 e. The third kappa shape index (κ3) is 1.99. The molecule has 86 valence electrons. The molecule has 6 heteroatoms. The van der Waals surface area contributed by atoms with Gasteiger partial charge >= 0.3 is 0 Å². The van der Waals surface area contributed by atoms with Crippen molar-refractivity contribution in [2.45, 2.75) is 13.5 Å². The molecule has 0 atom stereocenters. The van der Waals surface area contributed by atoms with Crippen LogP contribution in [-0.4, -0.2) is 15.1 Å². The monoisotopic (exact) mass is 246 g/mol. The number of thiophene rings is 1. The summed E-state index contributed by atoms with van der Waals surface area (Å²) in [6, 6.07) is 3.91. The number of nitrogens with zero attached hydrogens (tertiary/aromatic N) is 3. The van der Waals surface area contributed by atoms with E-state index in [1.165, 1.54) is 0 Å². The van der Waals surface area contributed by atoms with Gasteiger partial charge in [-0.05, 0) is 18.4 Å². The number of hydrogen-bond acceptors (Lipinski definition) is 6. The zero-order valence-electron chi connectivity index (χ0n) is 9.17. The summed E-state index contributed by atoms with van der Waals surface area (Å²) in [6.07, 6.45) is 1.56. The number of hydrogen-bond donors (Lipinski definition) is 1. The van der Waals surface area contributed by atoms with Crippen molar-refractivity contribution < 1.29 is 4.52 Å². The van der Waals surface area contributed by atoms with Gasteiger partial charge in [-0.15, -0.1) is 11.3 Å². The maximum absolute atomic E-state index is 5.13. The number of aryl methyl sites for hydroxylation is 1. The van der Waals surface area contributed by atoms with Crippen molar-refractivity contribution in [3.8, 4) is 0 Å². The van der Waals surface area contributed by atoms with E-state index >= 15 is 0 Å². The molecule has 0 spiro atoms. The molecule has 0 aliphatic carbocycles. The lowest BCUT2D eigenvalue weighted by molar-refractivity contribution is 0.384. The van der Waals surface area contributed by atoms with Crippen molar-refractivity contribution in [2.75, 3.05) is 5.32 Å². The number of anilines is 1. The predicted molar refractivity (Wildman–Crippen MR) is 66.0 cm³/mol. The highest BCUT2D eigenvalue weighted by atomic mass is 32.1. The van der Waals surface area contributed by atoms with Crippen molar-refractivity contribution in [3.63, 3.8) is 0 Å². The average molecular weight is 246 g/mol. The molecule has 3 rings (SSSR count). The Morgan fingerprint density at radius 2 is 2.35 bits per heavy atom. The molecule has 0 saturated heterocycles. The van der Waals surface area contributed by atoms with E-state index in [-0.39, 0.29) is 0 Å². The smallest absolute Gasteiger partial charge is 0.156 e. The number of rotatable bonds is 3. The Morgan fingerprint density at radius 1 is 1.41 bits per heavy atom. The van der Waals surface area contributed by atoms with Crippen molar-refractivity contribution in [2.24, 2.45) is 0 Å². The van der Waals surface area contributed by atoms with E-state index in [2.05, 4.69) is 20.4 Å². The molecule has 0 unspecified atom stereocenters. The molecule has 0 radical (unpaired) electrons. The van der Waals surface area contributed by atoms with Crippen LogP contribution in [0.15, 0.2) is 28.4 Å². The molecule has 17 heavy (non-hydrogen) atoms. The first-order valence-electron chi connectivity index (χ1n) is 5.17. The van der Waals surface area contributed by atoms with Gasteiger partial charge in [0.15, 0.2) is 5.76 Å². The third-order valence-electron chi connectivity index (χ3n) is 2.37. The lowest BCUT2D eigenvalue weighted by Crippen LogP contribution is -2.00. The second-order valence-electron chi connectivity index (χ2n) is 3.65. The maximum Gasteiger partial charge on any atom is 0.156 e. The van der Waals surface area contributed by atoms with E-state index in [4.69, 9.17) is 4.52 Å². The van der Waals surface area contributed by atoms with Crippen LogP contribution < -0.4 is 5.32 Å². The summed E-state index contributed by atoms with van der Waals surface area (Å²) in [7, 11) is 0. The van der Waals surface area contributed by atoms with E-state index in [0.29, 0.717) is 6.54 Å². The summed E-state index contributed by atoms with van der Waals surface area (Å²) in [6.45, 7) is 2.47. The van der Waals surface area contributed by atoms with Gasteiger partial charge in [-0.1, -0.05) is 5.16 Å². The quantitative estimate of drug-likeness (QED) is 0.769. The molecule has 0 bridgehead atoms. The molecule has 0 fully saturated rings. The normalized spacial score (nSPS) is 10.9. The van der Waals surface area contributed by atoms with Crippen LogP contribution in [0.4, 0.5) is 5.82 Å². The molecule has 5 nitrogen and oxygen atoms in total. The van der Waals surface area contributed by atoms with Gasteiger partial charge < -0.3 is 9.84 Å². The van der Waals surface area contributed by atoms with Crippen LogP contribution in [0.1, 0.15) is 11.5 Å². The molecule has 0 saturated carbocycles. The van der Waals surface area contributed by atoms with Crippen LogP contribution >= 0.6 is 11.3 Å². The molecular formula is C11H10N4OS. The SMILES string of the molecule is Cc1cc(CNc2ncnc3sccc23)on1. The van der Waals surface area contributed by atoms with Crippen LogP contribution in [-0.2, 0) is 6.54 Å². The van der Waals surface area contributed by atoms with E-state index in [1.54, 1.807) is 17.7 Å². The van der Waals surface area contributed by atoms with E-state index < -0.39 is 0 Å². The lowest BCUT2D eigenvalue weighted by Gasteiger charge is -2.03. The Morgan fingerprint density at radius 3 is 3.18 bits per heavy atom. The Bertz CT molecular complexity index is 646. The van der Waals surface area contributed by atoms with Gasteiger partial charge in [0, 0.05) is 6.07 Å². The van der Waals surface area contributed by atoms with Gasteiger partial charge in [0.05, 0.1) is 17.6 Å². The molecular weight excluding hydrogens is 236 g/mol. The second kappa shape index (κ2) is 4.14. The first kappa shape index (κ1) is 10.2. The first-order chi connectivity index (χ1) is 8.33. The highest BCUT2D eigenvalue weighted by Gasteiger charge is 2.05. The molecule has 0 amide bonds. The zero-order valence-corrected chi connectivity index (χ0v) is 9.99. The standard InChI is InChI=1S/C11H10N4OS/c1-7-4-8(16-15-7)5-12-10-9-2-3-17-11(9)14-6-13-10/h2-4,6H,5H2,1H3,(H,12,13,14). The summed E-state index contributed by atoms with van der Waals surface area (Å²) in [5.41, 5.74) is 0.880. The Kier molecular flexibility index (Phi) is 2.49. The van der Waals surface area contributed by atoms with Gasteiger partial charge in [0.2, 0.25) is 0 Å². The van der Waals surface area contributed by atoms with Crippen LogP contribution in [0.3, 0.4) is 0 Å². The molecule has 0 aliphatic rings. The van der Waals surface area contributed by atoms with Crippen molar-refractivity contribution in [1.82, 2.24) is 15.1 Å². The van der Waals surface area contributed by atoms with Gasteiger partial charge in [-0.3, -0.25) is 0 Å². The Hall–Kier alpha value is -1.95. The predicted octanol–water partition coefficient (Wildman–Crippen LogP) is 2.60. The molecule has 0 aromatic carbocycles. The van der Waals surface area contributed by atoms with Crippen molar-refractivity contribution >= 4 is 27.4 Å². The van der Waals surface area contributed by atoms with Gasteiger partial charge in [-0.2, -0.15) is 0 Å². The lowest BCUT2D eigenvalue weighted by atomic mass is 10.3. The molecule has 3 aromatic rings. The largest absolute Gasteiger partial charge is 0.362 e.